The van der Waals surface area contributed by atoms with E-state index in [1.54, 1.807) is 18.2 Å². The van der Waals surface area contributed by atoms with Crippen molar-refractivity contribution in [3.63, 3.8) is 0 Å². The maximum atomic E-state index is 13.6. The lowest BCUT2D eigenvalue weighted by Gasteiger charge is -2.19. The van der Waals surface area contributed by atoms with E-state index in [-0.39, 0.29) is 11.6 Å². The largest absolute Gasteiger partial charge is 0.363 e. The average Bonchev–Trinajstić information content (AvgIpc) is 2.85. The number of carbonyl (C=O) groups is 1. The average molecular weight is 318 g/mol. The molecule has 0 bridgehead atoms. The van der Waals surface area contributed by atoms with Crippen molar-refractivity contribution in [1.82, 2.24) is 0 Å². The maximum Gasteiger partial charge on any atom is 0.265 e. The number of nitrogens with zero attached hydrogens (tertiary/aromatic N) is 1. The first kappa shape index (κ1) is 15.0. The molecule has 0 spiro atoms. The number of fused-ring (bicyclic) bond motifs is 1. The highest BCUT2D eigenvalue weighted by Gasteiger charge is 2.21. The van der Waals surface area contributed by atoms with Gasteiger partial charge in [0.25, 0.3) is 5.91 Å². The van der Waals surface area contributed by atoms with Crippen molar-refractivity contribution < 1.29 is 9.18 Å². The molecule has 5 heteroatoms. The second-order valence-electron chi connectivity index (χ2n) is 5.41. The molecule has 2 aromatic rings. The van der Waals surface area contributed by atoms with E-state index in [2.05, 4.69) is 17.1 Å². The minimum absolute atomic E-state index is 0.225. The molecule has 0 atom stereocenters. The van der Waals surface area contributed by atoms with Gasteiger partial charge in [0, 0.05) is 13.1 Å². The third-order valence-electron chi connectivity index (χ3n) is 3.93. The molecule has 0 radical (unpaired) electrons. The zero-order chi connectivity index (χ0) is 15.5. The van der Waals surface area contributed by atoms with Crippen molar-refractivity contribution in [3.8, 4) is 0 Å². The molecule has 1 N–H and O–H groups in total. The predicted molar refractivity (Wildman–Crippen MR) is 89.5 cm³/mol. The Balaban J connectivity index is 1.84. The molecule has 1 aromatic carbocycles. The number of thiophene rings is 1. The van der Waals surface area contributed by atoms with Crippen LogP contribution < -0.4 is 10.2 Å². The van der Waals surface area contributed by atoms with Gasteiger partial charge in [-0.15, -0.1) is 11.3 Å². The smallest absolute Gasteiger partial charge is 0.265 e. The number of hydrogen-bond donors (Lipinski definition) is 1. The highest BCUT2D eigenvalue weighted by molar-refractivity contribution is 7.18. The Bertz CT molecular complexity index is 683. The summed E-state index contributed by atoms with van der Waals surface area (Å²) in [6.07, 6.45) is 3.34. The summed E-state index contributed by atoms with van der Waals surface area (Å²) in [5, 5.41) is 3.86. The number of anilines is 2. The van der Waals surface area contributed by atoms with Crippen molar-refractivity contribution in [2.75, 3.05) is 23.3 Å². The molecule has 3 rings (SSSR count). The van der Waals surface area contributed by atoms with Gasteiger partial charge in [0.05, 0.1) is 15.6 Å². The van der Waals surface area contributed by atoms with Gasteiger partial charge in [-0.2, -0.15) is 0 Å². The van der Waals surface area contributed by atoms with Crippen LogP contribution in [0.15, 0.2) is 30.3 Å². The lowest BCUT2D eigenvalue weighted by atomic mass is 10.1. The first-order chi connectivity index (χ1) is 10.7. The molecule has 0 aliphatic carbocycles. The number of benzene rings is 1. The predicted octanol–water partition coefficient (Wildman–Crippen LogP) is 4.30. The van der Waals surface area contributed by atoms with Crippen LogP contribution in [0.3, 0.4) is 0 Å². The molecular weight excluding hydrogens is 299 g/mol. The minimum atomic E-state index is -0.413. The van der Waals surface area contributed by atoms with E-state index >= 15 is 0 Å². The molecule has 116 valence electrons. The second kappa shape index (κ2) is 6.48. The third-order valence-corrected chi connectivity index (χ3v) is 5.16. The minimum Gasteiger partial charge on any atom is -0.363 e. The summed E-state index contributed by atoms with van der Waals surface area (Å²) in [6.45, 7) is 4.12. The Morgan fingerprint density at radius 3 is 2.95 bits per heavy atom. The monoisotopic (exact) mass is 318 g/mol. The van der Waals surface area contributed by atoms with E-state index in [4.69, 9.17) is 0 Å². The summed E-state index contributed by atoms with van der Waals surface area (Å²) in [5.74, 6) is -0.650. The van der Waals surface area contributed by atoms with E-state index in [0.717, 1.165) is 25.9 Å². The molecule has 22 heavy (non-hydrogen) atoms. The van der Waals surface area contributed by atoms with Crippen LogP contribution in [0, 0.1) is 5.82 Å². The number of nitrogens with one attached hydrogen (secondary N) is 1. The highest BCUT2D eigenvalue weighted by Crippen LogP contribution is 2.35. The van der Waals surface area contributed by atoms with Crippen LogP contribution in [0.4, 0.5) is 15.1 Å². The number of para-hydroxylation sites is 1. The molecule has 0 saturated carbocycles. The molecule has 1 aliphatic rings. The summed E-state index contributed by atoms with van der Waals surface area (Å²) in [6, 6.07) is 8.20. The first-order valence-corrected chi connectivity index (χ1v) is 8.44. The molecule has 0 fully saturated rings. The van der Waals surface area contributed by atoms with Gasteiger partial charge in [-0.25, -0.2) is 4.39 Å². The molecular formula is C17H19FN2OS. The summed E-state index contributed by atoms with van der Waals surface area (Å²) >= 11 is 1.51. The van der Waals surface area contributed by atoms with E-state index in [1.807, 2.05) is 6.07 Å². The van der Waals surface area contributed by atoms with Crippen molar-refractivity contribution in [2.45, 2.75) is 26.2 Å². The Hall–Kier alpha value is -1.88. The zero-order valence-corrected chi connectivity index (χ0v) is 13.4. The van der Waals surface area contributed by atoms with E-state index < -0.39 is 5.82 Å². The summed E-state index contributed by atoms with van der Waals surface area (Å²) in [4.78, 5) is 15.4. The normalized spacial score (nSPS) is 14.4. The number of aryl methyl sites for hydroxylation is 1. The Morgan fingerprint density at radius 1 is 1.36 bits per heavy atom. The summed E-state index contributed by atoms with van der Waals surface area (Å²) in [5.41, 5.74) is 1.46. The Kier molecular flexibility index (Phi) is 4.43. The van der Waals surface area contributed by atoms with Gasteiger partial charge in [-0.1, -0.05) is 12.1 Å². The van der Waals surface area contributed by atoms with Gasteiger partial charge in [-0.3, -0.25) is 4.79 Å². The molecule has 0 saturated heterocycles. The Labute approximate surface area is 133 Å². The number of carbonyl (C=O) groups excluding carboxylic acids is 1. The van der Waals surface area contributed by atoms with Crippen LogP contribution >= 0.6 is 11.3 Å². The topological polar surface area (TPSA) is 32.3 Å². The van der Waals surface area contributed by atoms with Gasteiger partial charge in [-0.05, 0) is 49.9 Å². The molecule has 1 amide bonds. The second-order valence-corrected chi connectivity index (χ2v) is 6.44. The van der Waals surface area contributed by atoms with Crippen LogP contribution in [0.1, 0.15) is 35.0 Å². The zero-order valence-electron chi connectivity index (χ0n) is 12.6. The van der Waals surface area contributed by atoms with Gasteiger partial charge < -0.3 is 10.2 Å². The molecule has 0 unspecified atom stereocenters. The van der Waals surface area contributed by atoms with Crippen molar-refractivity contribution in [1.29, 1.82) is 0 Å². The summed E-state index contributed by atoms with van der Waals surface area (Å²) < 4.78 is 13.6. The van der Waals surface area contributed by atoms with E-state index in [1.165, 1.54) is 34.4 Å². The fraction of sp³-hybridized carbons (Fsp3) is 0.353. The summed E-state index contributed by atoms with van der Waals surface area (Å²) in [7, 11) is 0. The number of amides is 1. The molecule has 3 nitrogen and oxygen atoms in total. The third kappa shape index (κ3) is 2.99. The highest BCUT2D eigenvalue weighted by atomic mass is 32.1. The fourth-order valence-electron chi connectivity index (χ4n) is 2.75. The van der Waals surface area contributed by atoms with Crippen LogP contribution in [0.5, 0.6) is 0 Å². The van der Waals surface area contributed by atoms with Crippen LogP contribution in [-0.4, -0.2) is 19.0 Å². The Morgan fingerprint density at radius 2 is 2.18 bits per heavy atom. The molecule has 1 aliphatic heterocycles. The van der Waals surface area contributed by atoms with Gasteiger partial charge in [0.2, 0.25) is 0 Å². The van der Waals surface area contributed by atoms with Gasteiger partial charge in [0.15, 0.2) is 0 Å². The fourth-order valence-corrected chi connectivity index (χ4v) is 3.94. The molecule has 2 heterocycles. The van der Waals surface area contributed by atoms with E-state index in [0.29, 0.717) is 4.88 Å². The quantitative estimate of drug-likeness (QED) is 0.915. The number of rotatable bonds is 3. The lowest BCUT2D eigenvalue weighted by molar-refractivity contribution is 0.103. The number of hydrogen-bond acceptors (Lipinski definition) is 3. The van der Waals surface area contributed by atoms with Crippen LogP contribution in [-0.2, 0) is 6.42 Å². The lowest BCUT2D eigenvalue weighted by Crippen LogP contribution is -2.22. The SMILES string of the molecule is CCN1CCCCc2cc(C(=O)Nc3ccccc3F)sc21. The van der Waals surface area contributed by atoms with E-state index in [9.17, 15) is 9.18 Å². The van der Waals surface area contributed by atoms with Crippen molar-refractivity contribution in [3.05, 3.63) is 46.6 Å². The van der Waals surface area contributed by atoms with Crippen molar-refractivity contribution in [2.24, 2.45) is 0 Å². The van der Waals surface area contributed by atoms with Gasteiger partial charge >= 0.3 is 0 Å². The molecule has 1 aromatic heterocycles. The first-order valence-electron chi connectivity index (χ1n) is 7.62. The maximum absolute atomic E-state index is 13.6. The van der Waals surface area contributed by atoms with Crippen LogP contribution in [0.25, 0.3) is 0 Å². The van der Waals surface area contributed by atoms with Crippen LogP contribution in [0.2, 0.25) is 0 Å². The van der Waals surface area contributed by atoms with Gasteiger partial charge in [0.1, 0.15) is 5.82 Å². The standard InChI is InChI=1S/C17H19FN2OS/c1-2-20-10-6-5-7-12-11-15(22-17(12)20)16(21)19-14-9-4-3-8-13(14)18/h3-4,8-9,11H,2,5-7,10H2,1H3,(H,19,21). The number of halogens is 1. The van der Waals surface area contributed by atoms with Crippen molar-refractivity contribution >= 4 is 27.9 Å².